The van der Waals surface area contributed by atoms with E-state index in [-0.39, 0.29) is 5.91 Å². The number of sulfonamides is 1. The number of nitrogens with zero attached hydrogens (tertiary/aromatic N) is 1. The number of carbonyl (C=O) groups excluding carboxylic acids is 1. The molecule has 0 aliphatic rings. The normalized spacial score (nSPS) is 12.3. The Kier molecular flexibility index (Phi) is 5.97. The van der Waals surface area contributed by atoms with Gasteiger partial charge in [-0.2, -0.15) is 5.10 Å². The van der Waals surface area contributed by atoms with Gasteiger partial charge in [0.15, 0.2) is 0 Å². The summed E-state index contributed by atoms with van der Waals surface area (Å²) in [7, 11) is -3.30. The second-order valence-electron chi connectivity index (χ2n) is 5.98. The molecule has 25 heavy (non-hydrogen) atoms. The number of rotatable bonds is 6. The molecule has 0 saturated carbocycles. The van der Waals surface area contributed by atoms with Crippen LogP contribution in [0.5, 0.6) is 0 Å². The maximum absolute atomic E-state index is 12.1. The van der Waals surface area contributed by atoms with Crippen LogP contribution in [0, 0.1) is 0 Å². The average Bonchev–Trinajstić information content (AvgIpc) is 3.01. The molecule has 1 aromatic heterocycles. The molecular weight excluding hydrogens is 358 g/mol. The number of anilines is 1. The topological polar surface area (TPSA) is 87.6 Å². The number of hydrogen-bond acceptors (Lipinski definition) is 5. The number of amides is 1. The van der Waals surface area contributed by atoms with Crippen molar-refractivity contribution < 1.29 is 13.2 Å². The number of hydrazone groups is 1. The largest absolute Gasteiger partial charge is 0.284 e. The van der Waals surface area contributed by atoms with Gasteiger partial charge in [-0.3, -0.25) is 9.52 Å². The molecule has 8 heteroatoms. The third-order valence-corrected chi connectivity index (χ3v) is 5.22. The molecule has 1 heterocycles. The summed E-state index contributed by atoms with van der Waals surface area (Å²) in [5.41, 5.74) is 5.02. The van der Waals surface area contributed by atoms with Gasteiger partial charge in [-0.15, -0.1) is 11.3 Å². The van der Waals surface area contributed by atoms with E-state index in [0.29, 0.717) is 22.9 Å². The van der Waals surface area contributed by atoms with E-state index in [1.165, 1.54) is 0 Å². The van der Waals surface area contributed by atoms with Crippen LogP contribution in [0.25, 0.3) is 0 Å². The lowest BCUT2D eigenvalue weighted by molar-refractivity contribution is 0.0955. The monoisotopic (exact) mass is 379 g/mol. The molecule has 6 nitrogen and oxygen atoms in total. The van der Waals surface area contributed by atoms with Crippen molar-refractivity contribution in [2.75, 3.05) is 11.0 Å². The Bertz CT molecular complexity index is 882. The fourth-order valence-electron chi connectivity index (χ4n) is 2.03. The number of benzene rings is 1. The van der Waals surface area contributed by atoms with Crippen molar-refractivity contribution in [1.29, 1.82) is 0 Å². The van der Waals surface area contributed by atoms with Crippen LogP contribution in [-0.2, 0) is 10.0 Å². The fourth-order valence-corrected chi connectivity index (χ4v) is 3.50. The van der Waals surface area contributed by atoms with Crippen LogP contribution in [0.1, 0.15) is 47.5 Å². The predicted octanol–water partition coefficient (Wildman–Crippen LogP) is 3.40. The van der Waals surface area contributed by atoms with Crippen LogP contribution in [0.4, 0.5) is 5.69 Å². The van der Waals surface area contributed by atoms with E-state index in [0.717, 1.165) is 16.7 Å². The van der Waals surface area contributed by atoms with Crippen molar-refractivity contribution in [1.82, 2.24) is 5.43 Å². The Morgan fingerprint density at radius 2 is 1.80 bits per heavy atom. The van der Waals surface area contributed by atoms with Gasteiger partial charge in [0.2, 0.25) is 10.0 Å². The van der Waals surface area contributed by atoms with Crippen molar-refractivity contribution in [3.63, 3.8) is 0 Å². The summed E-state index contributed by atoms with van der Waals surface area (Å²) in [6.07, 6.45) is 1.10. The van der Waals surface area contributed by atoms with E-state index in [1.807, 2.05) is 11.4 Å². The van der Waals surface area contributed by atoms with Crippen molar-refractivity contribution >= 4 is 38.7 Å². The second kappa shape index (κ2) is 7.79. The van der Waals surface area contributed by atoms with E-state index >= 15 is 0 Å². The lowest BCUT2D eigenvalue weighted by atomic mass is 10.1. The molecule has 0 radical (unpaired) electrons. The Morgan fingerprint density at radius 3 is 2.32 bits per heavy atom. The molecular formula is C17H21N3O3S2. The molecule has 0 bridgehead atoms. The molecule has 0 aliphatic carbocycles. The minimum absolute atomic E-state index is 0.252. The standard InChI is InChI=1S/C17H21N3O3S2/c1-11(2)16-9-14(10-24-16)17(21)19-18-12(3)13-5-7-15(8-6-13)20-25(4,22)23/h5-11,20H,1-4H3,(H,19,21)/b18-12+. The Balaban J connectivity index is 2.04. The first-order valence-corrected chi connectivity index (χ1v) is 10.4. The van der Waals surface area contributed by atoms with Crippen molar-refractivity contribution in [3.8, 4) is 0 Å². The highest BCUT2D eigenvalue weighted by Crippen LogP contribution is 2.23. The van der Waals surface area contributed by atoms with E-state index in [9.17, 15) is 13.2 Å². The second-order valence-corrected chi connectivity index (χ2v) is 8.67. The van der Waals surface area contributed by atoms with Gasteiger partial charge in [0.25, 0.3) is 5.91 Å². The molecule has 1 aromatic carbocycles. The number of thiophene rings is 1. The molecule has 0 unspecified atom stereocenters. The average molecular weight is 380 g/mol. The fraction of sp³-hybridized carbons (Fsp3) is 0.294. The maximum Gasteiger partial charge on any atom is 0.272 e. The molecule has 2 aromatic rings. The summed E-state index contributed by atoms with van der Waals surface area (Å²) in [5, 5.41) is 5.93. The van der Waals surface area contributed by atoms with Crippen LogP contribution < -0.4 is 10.1 Å². The van der Waals surface area contributed by atoms with Crippen molar-refractivity contribution in [2.45, 2.75) is 26.7 Å². The first-order valence-electron chi connectivity index (χ1n) is 7.67. The first-order chi connectivity index (χ1) is 11.7. The van der Waals surface area contributed by atoms with E-state index in [1.54, 1.807) is 42.5 Å². The summed E-state index contributed by atoms with van der Waals surface area (Å²) in [6.45, 7) is 5.93. The molecule has 0 aliphatic heterocycles. The SMILES string of the molecule is C/C(=N\NC(=O)c1csc(C(C)C)c1)c1ccc(NS(C)(=O)=O)cc1. The van der Waals surface area contributed by atoms with Crippen LogP contribution in [0.2, 0.25) is 0 Å². The summed E-state index contributed by atoms with van der Waals surface area (Å²) < 4.78 is 24.8. The van der Waals surface area contributed by atoms with Gasteiger partial charge in [0.05, 0.1) is 17.5 Å². The molecule has 2 N–H and O–H groups in total. The van der Waals surface area contributed by atoms with Gasteiger partial charge in [0, 0.05) is 15.9 Å². The van der Waals surface area contributed by atoms with Crippen LogP contribution >= 0.6 is 11.3 Å². The molecule has 0 saturated heterocycles. The maximum atomic E-state index is 12.1. The first kappa shape index (κ1) is 19.1. The van der Waals surface area contributed by atoms with Crippen LogP contribution in [0.15, 0.2) is 40.8 Å². The summed E-state index contributed by atoms with van der Waals surface area (Å²) in [5.74, 6) is 0.133. The summed E-state index contributed by atoms with van der Waals surface area (Å²) in [6, 6.07) is 8.64. The molecule has 0 atom stereocenters. The van der Waals surface area contributed by atoms with E-state index < -0.39 is 10.0 Å². The Labute approximate surface area is 152 Å². The lowest BCUT2D eigenvalue weighted by Gasteiger charge is -2.06. The number of hydrogen-bond donors (Lipinski definition) is 2. The van der Waals surface area contributed by atoms with Crippen LogP contribution in [-0.4, -0.2) is 26.3 Å². The third-order valence-electron chi connectivity index (χ3n) is 3.38. The van der Waals surface area contributed by atoms with Gasteiger partial charge in [-0.25, -0.2) is 13.8 Å². The lowest BCUT2D eigenvalue weighted by Crippen LogP contribution is -2.18. The smallest absolute Gasteiger partial charge is 0.272 e. The summed E-state index contributed by atoms with van der Waals surface area (Å²) in [4.78, 5) is 13.3. The summed E-state index contributed by atoms with van der Waals surface area (Å²) >= 11 is 1.56. The van der Waals surface area contributed by atoms with Gasteiger partial charge in [-0.05, 0) is 36.6 Å². The predicted molar refractivity (Wildman–Crippen MR) is 103 cm³/mol. The minimum atomic E-state index is -3.30. The molecule has 2 rings (SSSR count). The number of nitrogens with one attached hydrogen (secondary N) is 2. The minimum Gasteiger partial charge on any atom is -0.284 e. The Hall–Kier alpha value is -2.19. The molecule has 1 amide bonds. The van der Waals surface area contributed by atoms with Crippen LogP contribution in [0.3, 0.4) is 0 Å². The third kappa shape index (κ3) is 5.68. The zero-order valence-corrected chi connectivity index (χ0v) is 16.2. The van der Waals surface area contributed by atoms with E-state index in [2.05, 4.69) is 29.1 Å². The molecule has 134 valence electrons. The highest BCUT2D eigenvalue weighted by Gasteiger charge is 2.10. The highest BCUT2D eigenvalue weighted by atomic mass is 32.2. The highest BCUT2D eigenvalue weighted by molar-refractivity contribution is 7.92. The van der Waals surface area contributed by atoms with Crippen molar-refractivity contribution in [3.05, 3.63) is 51.7 Å². The van der Waals surface area contributed by atoms with Gasteiger partial charge in [0.1, 0.15) is 0 Å². The van der Waals surface area contributed by atoms with E-state index in [4.69, 9.17) is 0 Å². The number of carbonyl (C=O) groups is 1. The molecule has 0 spiro atoms. The molecule has 0 fully saturated rings. The van der Waals surface area contributed by atoms with Gasteiger partial charge >= 0.3 is 0 Å². The zero-order valence-electron chi connectivity index (χ0n) is 14.5. The Morgan fingerprint density at radius 1 is 1.16 bits per heavy atom. The quantitative estimate of drug-likeness (QED) is 0.596. The van der Waals surface area contributed by atoms with Gasteiger partial charge < -0.3 is 0 Å². The zero-order chi connectivity index (χ0) is 18.6. The van der Waals surface area contributed by atoms with Gasteiger partial charge in [-0.1, -0.05) is 26.0 Å². The van der Waals surface area contributed by atoms with Crippen molar-refractivity contribution in [2.24, 2.45) is 5.10 Å².